The van der Waals surface area contributed by atoms with Crippen molar-refractivity contribution in [3.05, 3.63) is 34.1 Å². The number of ether oxygens (including phenoxy) is 1. The van der Waals surface area contributed by atoms with Gasteiger partial charge in [-0.05, 0) is 41.0 Å². The maximum atomic E-state index is 13.6. The highest BCUT2D eigenvalue weighted by Gasteiger charge is 2.40. The Morgan fingerprint density at radius 2 is 1.62 bits per heavy atom. The fraction of sp³-hybridized carbons (Fsp3) is 0.739. The Morgan fingerprint density at radius 1 is 1.00 bits per heavy atom. The summed E-state index contributed by atoms with van der Waals surface area (Å²) in [5.41, 5.74) is 1.05. The smallest absolute Gasteiger partial charge is 0.123 e. The van der Waals surface area contributed by atoms with Crippen LogP contribution >= 0.6 is 15.9 Å². The van der Waals surface area contributed by atoms with Crippen LogP contribution in [0.1, 0.15) is 92.1 Å². The average molecular weight is 429 g/mol. The van der Waals surface area contributed by atoms with Crippen molar-refractivity contribution in [1.29, 1.82) is 0 Å². The summed E-state index contributed by atoms with van der Waals surface area (Å²) in [7, 11) is 0. The van der Waals surface area contributed by atoms with E-state index in [0.717, 1.165) is 16.5 Å². The van der Waals surface area contributed by atoms with Gasteiger partial charge in [0.05, 0.1) is 12.7 Å². The lowest BCUT2D eigenvalue weighted by Gasteiger charge is -2.45. The van der Waals surface area contributed by atoms with Gasteiger partial charge in [0.15, 0.2) is 0 Å². The molecule has 1 atom stereocenters. The van der Waals surface area contributed by atoms with Crippen molar-refractivity contribution < 1.29 is 9.13 Å². The molecule has 0 radical (unpaired) electrons. The van der Waals surface area contributed by atoms with Crippen molar-refractivity contribution >= 4 is 15.9 Å². The summed E-state index contributed by atoms with van der Waals surface area (Å²) in [4.78, 5) is 0. The largest absolute Gasteiger partial charge is 0.373 e. The molecule has 0 aliphatic carbocycles. The summed E-state index contributed by atoms with van der Waals surface area (Å²) in [6, 6.07) is 4.79. The maximum Gasteiger partial charge on any atom is 0.123 e. The van der Waals surface area contributed by atoms with E-state index in [9.17, 15) is 4.39 Å². The fourth-order valence-corrected chi connectivity index (χ4v) is 3.45. The molecular weight excluding hydrogens is 391 g/mol. The van der Waals surface area contributed by atoms with E-state index in [1.165, 1.54) is 44.6 Å². The van der Waals surface area contributed by atoms with Crippen LogP contribution in [0.2, 0.25) is 0 Å². The molecule has 0 saturated heterocycles. The number of hydrogen-bond acceptors (Lipinski definition) is 1. The molecule has 26 heavy (non-hydrogen) atoms. The first-order valence-electron chi connectivity index (χ1n) is 10.1. The van der Waals surface area contributed by atoms with Gasteiger partial charge in [-0.3, -0.25) is 0 Å². The van der Waals surface area contributed by atoms with E-state index < -0.39 is 0 Å². The van der Waals surface area contributed by atoms with E-state index in [0.29, 0.717) is 6.61 Å². The molecule has 0 heterocycles. The molecule has 0 N–H and O–H groups in total. The molecule has 150 valence electrons. The average Bonchev–Trinajstić information content (AvgIpc) is 2.55. The van der Waals surface area contributed by atoms with Crippen LogP contribution in [0.25, 0.3) is 0 Å². The van der Waals surface area contributed by atoms with E-state index in [1.807, 2.05) is 0 Å². The van der Waals surface area contributed by atoms with Crippen LogP contribution in [0.15, 0.2) is 22.7 Å². The van der Waals surface area contributed by atoms with Gasteiger partial charge in [0.1, 0.15) is 5.82 Å². The molecule has 0 fully saturated rings. The number of unbranched alkanes of at least 4 members (excludes halogenated alkanes) is 5. The summed E-state index contributed by atoms with van der Waals surface area (Å²) >= 11 is 3.51. The zero-order valence-electron chi connectivity index (χ0n) is 17.6. The van der Waals surface area contributed by atoms with Gasteiger partial charge in [-0.15, -0.1) is 0 Å². The van der Waals surface area contributed by atoms with E-state index in [1.54, 1.807) is 12.1 Å². The van der Waals surface area contributed by atoms with Gasteiger partial charge in [-0.25, -0.2) is 4.39 Å². The van der Waals surface area contributed by atoms with Gasteiger partial charge < -0.3 is 4.74 Å². The van der Waals surface area contributed by atoms with Gasteiger partial charge in [-0.2, -0.15) is 0 Å². The van der Waals surface area contributed by atoms with E-state index in [2.05, 4.69) is 57.5 Å². The molecule has 0 aliphatic heterocycles. The molecule has 0 bridgehead atoms. The van der Waals surface area contributed by atoms with Crippen molar-refractivity contribution in [1.82, 2.24) is 0 Å². The van der Waals surface area contributed by atoms with Crippen molar-refractivity contribution in [2.24, 2.45) is 10.8 Å². The minimum absolute atomic E-state index is 0.0379. The quantitative estimate of drug-likeness (QED) is 0.322. The summed E-state index contributed by atoms with van der Waals surface area (Å²) in [6.07, 6.45) is 8.94. The van der Waals surface area contributed by atoms with Gasteiger partial charge >= 0.3 is 0 Å². The van der Waals surface area contributed by atoms with Gasteiger partial charge in [0, 0.05) is 4.47 Å². The van der Waals surface area contributed by atoms with Crippen LogP contribution in [0.4, 0.5) is 4.39 Å². The first kappa shape index (κ1) is 23.6. The second-order valence-corrected chi connectivity index (χ2v) is 9.92. The Morgan fingerprint density at radius 3 is 2.23 bits per heavy atom. The Hall–Kier alpha value is -0.410. The number of benzene rings is 1. The van der Waals surface area contributed by atoms with Gasteiger partial charge in [-0.1, -0.05) is 96.0 Å². The van der Waals surface area contributed by atoms with Crippen LogP contribution < -0.4 is 0 Å². The topological polar surface area (TPSA) is 9.23 Å². The second-order valence-electron chi connectivity index (χ2n) is 9.06. The third-order valence-corrected chi connectivity index (χ3v) is 6.78. The Balaban J connectivity index is 2.73. The summed E-state index contributed by atoms with van der Waals surface area (Å²) in [5, 5.41) is 0. The molecule has 0 amide bonds. The third kappa shape index (κ3) is 7.31. The number of rotatable bonds is 11. The fourth-order valence-electron chi connectivity index (χ4n) is 3.09. The summed E-state index contributed by atoms with van der Waals surface area (Å²) in [6.45, 7) is 14.1. The normalized spacial score (nSPS) is 13.8. The van der Waals surface area contributed by atoms with E-state index in [4.69, 9.17) is 4.74 Å². The molecule has 0 spiro atoms. The lowest BCUT2D eigenvalue weighted by Crippen LogP contribution is -2.42. The predicted molar refractivity (Wildman–Crippen MR) is 114 cm³/mol. The van der Waals surface area contributed by atoms with Crippen LogP contribution in [0.3, 0.4) is 0 Å². The molecular formula is C23H38BrFO. The molecule has 0 aliphatic rings. The maximum absolute atomic E-state index is 13.6. The highest BCUT2D eigenvalue weighted by atomic mass is 79.9. The lowest BCUT2D eigenvalue weighted by molar-refractivity contribution is -0.0880. The minimum Gasteiger partial charge on any atom is -0.373 e. The third-order valence-electron chi connectivity index (χ3n) is 6.01. The highest BCUT2D eigenvalue weighted by Crippen LogP contribution is 2.44. The van der Waals surface area contributed by atoms with Crippen molar-refractivity contribution in [2.45, 2.75) is 99.2 Å². The first-order chi connectivity index (χ1) is 12.1. The molecule has 3 heteroatoms. The Bertz CT molecular complexity index is 533. The van der Waals surface area contributed by atoms with Crippen LogP contribution in [0.5, 0.6) is 0 Å². The highest BCUT2D eigenvalue weighted by molar-refractivity contribution is 9.10. The standard InChI is InChI=1S/C23H38BrFO/c1-7-8-9-10-11-12-13-21(23(5,6)22(2,3)4)26-17-18-16-19(25)14-15-20(18)24/h14-16,21H,7-13,17H2,1-6H3. The van der Waals surface area contributed by atoms with E-state index >= 15 is 0 Å². The monoisotopic (exact) mass is 428 g/mol. The molecule has 1 nitrogen and oxygen atoms in total. The van der Waals surface area contributed by atoms with Crippen molar-refractivity contribution in [2.75, 3.05) is 0 Å². The van der Waals surface area contributed by atoms with Crippen LogP contribution in [-0.2, 0) is 11.3 Å². The summed E-state index contributed by atoms with van der Waals surface area (Å²) < 4.78 is 20.9. The number of hydrogen-bond donors (Lipinski definition) is 0. The molecule has 1 aromatic carbocycles. The Kier molecular flexibility index (Phi) is 9.82. The van der Waals surface area contributed by atoms with E-state index in [-0.39, 0.29) is 22.8 Å². The zero-order chi connectivity index (χ0) is 19.8. The SMILES string of the molecule is CCCCCCCCC(OCc1cc(F)ccc1Br)C(C)(C)C(C)(C)C. The first-order valence-corrected chi connectivity index (χ1v) is 10.9. The predicted octanol–water partition coefficient (Wildman–Crippen LogP) is 8.30. The summed E-state index contributed by atoms with van der Waals surface area (Å²) in [5.74, 6) is -0.214. The van der Waals surface area contributed by atoms with Crippen molar-refractivity contribution in [3.8, 4) is 0 Å². The lowest BCUT2D eigenvalue weighted by atomic mass is 9.65. The minimum atomic E-state index is -0.214. The van der Waals surface area contributed by atoms with Gasteiger partial charge in [0.25, 0.3) is 0 Å². The Labute approximate surface area is 169 Å². The van der Waals surface area contributed by atoms with Crippen LogP contribution in [0, 0.1) is 16.6 Å². The molecule has 0 saturated carbocycles. The zero-order valence-corrected chi connectivity index (χ0v) is 19.2. The second kappa shape index (κ2) is 10.8. The van der Waals surface area contributed by atoms with Gasteiger partial charge in [0.2, 0.25) is 0 Å². The molecule has 1 unspecified atom stereocenters. The molecule has 1 rings (SSSR count). The molecule has 0 aromatic heterocycles. The van der Waals surface area contributed by atoms with Crippen LogP contribution in [-0.4, -0.2) is 6.10 Å². The molecule has 1 aromatic rings. The number of halogens is 2. The van der Waals surface area contributed by atoms with Crippen molar-refractivity contribution in [3.63, 3.8) is 0 Å².